The minimum Gasteiger partial charge on any atom is -0.466 e. The Bertz CT molecular complexity index is 277. The van der Waals surface area contributed by atoms with Crippen LogP contribution in [0.4, 0.5) is 0 Å². The van der Waals surface area contributed by atoms with Gasteiger partial charge in [0, 0.05) is 6.92 Å². The lowest BCUT2D eigenvalue weighted by molar-refractivity contribution is -0.141. The first kappa shape index (κ1) is 17.7. The predicted octanol–water partition coefficient (Wildman–Crippen LogP) is 4.97. The van der Waals surface area contributed by atoms with Crippen LogP contribution in [0.15, 0.2) is 37.0 Å². The fraction of sp³-hybridized carbons (Fsp3) is 0.588. The molecule has 0 aliphatic rings. The Morgan fingerprint density at radius 1 is 0.895 bits per heavy atom. The molecular weight excluding hydrogens is 236 g/mol. The molecule has 0 saturated carbocycles. The van der Waals surface area contributed by atoms with Gasteiger partial charge in [-0.15, -0.1) is 6.58 Å². The Kier molecular flexibility index (Phi) is 13.7. The number of unbranched alkanes of at least 4 members (excludes halogenated alkanes) is 5. The highest BCUT2D eigenvalue weighted by molar-refractivity contribution is 5.65. The fourth-order valence-electron chi connectivity index (χ4n) is 1.62. The number of rotatable bonds is 12. The second-order valence-electron chi connectivity index (χ2n) is 4.58. The molecule has 0 unspecified atom stereocenters. The third-order valence-corrected chi connectivity index (χ3v) is 2.67. The van der Waals surface area contributed by atoms with E-state index in [1.165, 1.54) is 19.8 Å². The molecule has 0 heterocycles. The molecule has 19 heavy (non-hydrogen) atoms. The van der Waals surface area contributed by atoms with Gasteiger partial charge in [0.25, 0.3) is 0 Å². The van der Waals surface area contributed by atoms with Crippen molar-refractivity contribution in [2.24, 2.45) is 0 Å². The maximum atomic E-state index is 10.5. The van der Waals surface area contributed by atoms with Crippen molar-refractivity contribution in [1.82, 2.24) is 0 Å². The van der Waals surface area contributed by atoms with Crippen LogP contribution in [-0.2, 0) is 9.53 Å². The molecule has 0 radical (unpaired) electrons. The summed E-state index contributed by atoms with van der Waals surface area (Å²) in [6, 6.07) is 0. The highest BCUT2D eigenvalue weighted by Gasteiger charge is 1.90. The van der Waals surface area contributed by atoms with E-state index in [1.54, 1.807) is 0 Å². The molecule has 0 rings (SSSR count). The first-order valence-electron chi connectivity index (χ1n) is 7.31. The summed E-state index contributed by atoms with van der Waals surface area (Å²) < 4.78 is 4.85. The Morgan fingerprint density at radius 2 is 1.37 bits per heavy atom. The summed E-state index contributed by atoms with van der Waals surface area (Å²) >= 11 is 0. The molecule has 0 aromatic heterocycles. The normalized spacial score (nSPS) is 11.2. The second-order valence-corrected chi connectivity index (χ2v) is 4.58. The third kappa shape index (κ3) is 16.7. The summed E-state index contributed by atoms with van der Waals surface area (Å²) in [5, 5.41) is 0. The van der Waals surface area contributed by atoms with E-state index in [-0.39, 0.29) is 5.97 Å². The highest BCUT2D eigenvalue weighted by Crippen LogP contribution is 2.02. The van der Waals surface area contributed by atoms with Crippen LogP contribution in [0.25, 0.3) is 0 Å². The fourth-order valence-corrected chi connectivity index (χ4v) is 1.62. The molecule has 0 N–H and O–H groups in total. The van der Waals surface area contributed by atoms with E-state index in [2.05, 4.69) is 30.9 Å². The molecule has 108 valence electrons. The number of ether oxygens (including phenoxy) is 1. The van der Waals surface area contributed by atoms with Gasteiger partial charge in [-0.05, 0) is 51.4 Å². The van der Waals surface area contributed by atoms with Crippen molar-refractivity contribution >= 4 is 5.97 Å². The number of hydrogen-bond acceptors (Lipinski definition) is 2. The van der Waals surface area contributed by atoms with Crippen molar-refractivity contribution in [2.75, 3.05) is 6.61 Å². The standard InChI is InChI=1S/C17H28O2/c1-3-4-5-6-7-8-9-10-11-12-13-14-15-16-19-17(2)18/h3,7-8,12-13H,1,4-6,9-11,14-16H2,2H3. The number of hydrogen-bond donors (Lipinski definition) is 0. The van der Waals surface area contributed by atoms with Crippen molar-refractivity contribution in [3.63, 3.8) is 0 Å². The zero-order valence-electron chi connectivity index (χ0n) is 12.3. The maximum absolute atomic E-state index is 10.5. The van der Waals surface area contributed by atoms with Gasteiger partial charge in [-0.25, -0.2) is 0 Å². The van der Waals surface area contributed by atoms with Gasteiger partial charge in [0.2, 0.25) is 0 Å². The molecular formula is C17H28O2. The first-order valence-corrected chi connectivity index (χ1v) is 7.31. The van der Waals surface area contributed by atoms with E-state index in [1.807, 2.05) is 6.08 Å². The van der Waals surface area contributed by atoms with Gasteiger partial charge in [0.05, 0.1) is 6.61 Å². The van der Waals surface area contributed by atoms with Crippen molar-refractivity contribution < 1.29 is 9.53 Å². The van der Waals surface area contributed by atoms with Crippen molar-refractivity contribution in [3.8, 4) is 0 Å². The molecule has 0 fully saturated rings. The second kappa shape index (κ2) is 14.7. The quantitative estimate of drug-likeness (QED) is 0.282. The van der Waals surface area contributed by atoms with Crippen molar-refractivity contribution in [1.29, 1.82) is 0 Å². The lowest BCUT2D eigenvalue weighted by Crippen LogP contribution is -1.99. The Morgan fingerprint density at radius 3 is 1.84 bits per heavy atom. The molecule has 0 aliphatic heterocycles. The van der Waals surface area contributed by atoms with Gasteiger partial charge < -0.3 is 4.74 Å². The molecule has 0 bridgehead atoms. The molecule has 0 atom stereocenters. The zero-order valence-corrected chi connectivity index (χ0v) is 12.3. The highest BCUT2D eigenvalue weighted by atomic mass is 16.5. The molecule has 0 aromatic carbocycles. The maximum Gasteiger partial charge on any atom is 0.302 e. The smallest absolute Gasteiger partial charge is 0.302 e. The Labute approximate surface area is 118 Å². The van der Waals surface area contributed by atoms with Crippen molar-refractivity contribution in [2.45, 2.75) is 58.3 Å². The van der Waals surface area contributed by atoms with Crippen LogP contribution < -0.4 is 0 Å². The summed E-state index contributed by atoms with van der Waals surface area (Å²) in [7, 11) is 0. The van der Waals surface area contributed by atoms with E-state index in [9.17, 15) is 4.79 Å². The first-order chi connectivity index (χ1) is 9.27. The summed E-state index contributed by atoms with van der Waals surface area (Å²) in [5.41, 5.74) is 0. The van der Waals surface area contributed by atoms with E-state index in [0.717, 1.165) is 38.5 Å². The van der Waals surface area contributed by atoms with Gasteiger partial charge in [-0.2, -0.15) is 0 Å². The van der Waals surface area contributed by atoms with Crippen molar-refractivity contribution in [3.05, 3.63) is 37.0 Å². The van der Waals surface area contributed by atoms with Gasteiger partial charge >= 0.3 is 5.97 Å². The number of carbonyl (C=O) groups excluding carboxylic acids is 1. The number of carbonyl (C=O) groups is 1. The van der Waals surface area contributed by atoms with Gasteiger partial charge in [-0.3, -0.25) is 4.79 Å². The van der Waals surface area contributed by atoms with Crippen LogP contribution >= 0.6 is 0 Å². The molecule has 2 nitrogen and oxygen atoms in total. The molecule has 0 aliphatic carbocycles. The average Bonchev–Trinajstić information content (AvgIpc) is 2.39. The summed E-state index contributed by atoms with van der Waals surface area (Å²) in [6.07, 6.45) is 19.8. The van der Waals surface area contributed by atoms with Crippen LogP contribution in [-0.4, -0.2) is 12.6 Å². The molecule has 0 aromatic rings. The lowest BCUT2D eigenvalue weighted by Gasteiger charge is -1.98. The SMILES string of the molecule is C=CCCCC=CCCCC=CCCCOC(C)=O. The minimum absolute atomic E-state index is 0.191. The predicted molar refractivity (Wildman–Crippen MR) is 82.0 cm³/mol. The lowest BCUT2D eigenvalue weighted by atomic mass is 10.1. The van der Waals surface area contributed by atoms with Crippen LogP contribution in [0, 0.1) is 0 Å². The van der Waals surface area contributed by atoms with E-state index in [0.29, 0.717) is 6.61 Å². The van der Waals surface area contributed by atoms with E-state index >= 15 is 0 Å². The van der Waals surface area contributed by atoms with Gasteiger partial charge in [0.1, 0.15) is 0 Å². The van der Waals surface area contributed by atoms with E-state index < -0.39 is 0 Å². The van der Waals surface area contributed by atoms with Gasteiger partial charge in [-0.1, -0.05) is 30.4 Å². The minimum atomic E-state index is -0.191. The largest absolute Gasteiger partial charge is 0.466 e. The third-order valence-electron chi connectivity index (χ3n) is 2.67. The zero-order chi connectivity index (χ0) is 14.2. The number of allylic oxidation sites excluding steroid dienone is 5. The molecule has 0 amide bonds. The summed E-state index contributed by atoms with van der Waals surface area (Å²) in [6.45, 7) is 5.69. The van der Waals surface area contributed by atoms with Gasteiger partial charge in [0.15, 0.2) is 0 Å². The Hall–Kier alpha value is -1.31. The summed E-state index contributed by atoms with van der Waals surface area (Å²) in [5.74, 6) is -0.191. The summed E-state index contributed by atoms with van der Waals surface area (Å²) in [4.78, 5) is 10.5. The van der Waals surface area contributed by atoms with Crippen LogP contribution in [0.2, 0.25) is 0 Å². The average molecular weight is 264 g/mol. The van der Waals surface area contributed by atoms with Crippen LogP contribution in [0.1, 0.15) is 58.3 Å². The molecule has 0 spiro atoms. The van der Waals surface area contributed by atoms with Crippen LogP contribution in [0.3, 0.4) is 0 Å². The Balaban J connectivity index is 3.20. The van der Waals surface area contributed by atoms with Crippen LogP contribution in [0.5, 0.6) is 0 Å². The molecule has 0 saturated heterocycles. The topological polar surface area (TPSA) is 26.3 Å². The monoisotopic (exact) mass is 264 g/mol. The number of esters is 1. The molecule has 2 heteroatoms. The van der Waals surface area contributed by atoms with E-state index in [4.69, 9.17) is 4.74 Å².